The van der Waals surface area contributed by atoms with Gasteiger partial charge in [-0.1, -0.05) is 150 Å². The molecule has 0 aliphatic heterocycles. The summed E-state index contributed by atoms with van der Waals surface area (Å²) in [7, 11) is 0. The molecule has 0 amide bonds. The van der Waals surface area contributed by atoms with Crippen LogP contribution in [-0.2, 0) is 47.3 Å². The summed E-state index contributed by atoms with van der Waals surface area (Å²) in [5.41, 5.74) is 15.4. The van der Waals surface area contributed by atoms with Gasteiger partial charge in [0.1, 0.15) is 5.75 Å². The predicted molar refractivity (Wildman–Crippen MR) is 193 cm³/mol. The standard InChI is InChI=1S/C44H56O/c1-41(2,3)36-20-28-13-29(21-36)15-31-17-33(25-38(23-31)43(7,8)9)19-35-27-39(44(10,11)12)26-34(40(35)45)18-32-16-30(14-28)22-37(24-32)42(4,5)6/h13,16-17,20-27,45H,14-15,18-19H2,1-12H3. The van der Waals surface area contributed by atoms with Gasteiger partial charge in [0.25, 0.3) is 0 Å². The molecule has 0 heterocycles. The summed E-state index contributed by atoms with van der Waals surface area (Å²) in [6, 6.07) is 26.1. The highest BCUT2D eigenvalue weighted by Gasteiger charge is 2.23. The van der Waals surface area contributed by atoms with E-state index in [0.29, 0.717) is 18.6 Å². The van der Waals surface area contributed by atoms with Gasteiger partial charge in [-0.25, -0.2) is 0 Å². The maximum Gasteiger partial charge on any atom is 0.122 e. The molecule has 1 heteroatoms. The van der Waals surface area contributed by atoms with Gasteiger partial charge in [0, 0.05) is 12.8 Å². The van der Waals surface area contributed by atoms with E-state index in [9.17, 15) is 5.11 Å². The Morgan fingerprint density at radius 2 is 0.556 bits per heavy atom. The van der Waals surface area contributed by atoms with E-state index in [0.717, 1.165) is 24.0 Å². The molecule has 0 fully saturated rings. The first-order valence-corrected chi connectivity index (χ1v) is 16.9. The van der Waals surface area contributed by atoms with E-state index < -0.39 is 0 Å². The van der Waals surface area contributed by atoms with Crippen molar-refractivity contribution in [2.75, 3.05) is 0 Å². The van der Waals surface area contributed by atoms with Crippen LogP contribution in [0.5, 0.6) is 5.75 Å². The molecule has 4 aromatic carbocycles. The van der Waals surface area contributed by atoms with Crippen LogP contribution in [0.3, 0.4) is 0 Å². The van der Waals surface area contributed by atoms with Crippen molar-refractivity contribution in [3.8, 4) is 5.75 Å². The Labute approximate surface area is 274 Å². The van der Waals surface area contributed by atoms with Crippen LogP contribution >= 0.6 is 0 Å². The van der Waals surface area contributed by atoms with Gasteiger partial charge in [0.15, 0.2) is 0 Å². The lowest BCUT2D eigenvalue weighted by Crippen LogP contribution is -2.15. The summed E-state index contributed by atoms with van der Waals surface area (Å²) in [5, 5.41) is 11.9. The predicted octanol–water partition coefficient (Wildman–Crippen LogP) is 11.3. The number of fused-ring (bicyclic) bond motifs is 8. The van der Waals surface area contributed by atoms with E-state index in [1.165, 1.54) is 55.6 Å². The topological polar surface area (TPSA) is 20.2 Å². The Balaban J connectivity index is 1.80. The van der Waals surface area contributed by atoms with Crippen molar-refractivity contribution in [3.05, 3.63) is 133 Å². The second kappa shape index (κ2) is 11.5. The molecular formula is C44H56O. The maximum atomic E-state index is 11.9. The number of benzene rings is 4. The Hall–Kier alpha value is -3.32. The largest absolute Gasteiger partial charge is 0.507 e. The first-order chi connectivity index (χ1) is 20.6. The summed E-state index contributed by atoms with van der Waals surface area (Å²) >= 11 is 0. The summed E-state index contributed by atoms with van der Waals surface area (Å²) in [5.74, 6) is 0.445. The van der Waals surface area contributed by atoms with Gasteiger partial charge in [0.2, 0.25) is 0 Å². The quantitative estimate of drug-likeness (QED) is 0.187. The molecule has 1 aliphatic carbocycles. The molecule has 238 valence electrons. The van der Waals surface area contributed by atoms with Crippen LogP contribution in [0.1, 0.15) is 150 Å². The minimum Gasteiger partial charge on any atom is -0.507 e. The highest BCUT2D eigenvalue weighted by Crippen LogP contribution is 2.37. The minimum atomic E-state index is -0.0254. The van der Waals surface area contributed by atoms with E-state index in [2.05, 4.69) is 150 Å². The van der Waals surface area contributed by atoms with Crippen LogP contribution in [0.15, 0.2) is 66.7 Å². The smallest absolute Gasteiger partial charge is 0.122 e. The monoisotopic (exact) mass is 600 g/mol. The Morgan fingerprint density at radius 3 is 0.800 bits per heavy atom. The van der Waals surface area contributed by atoms with Gasteiger partial charge in [-0.2, -0.15) is 0 Å². The molecule has 0 atom stereocenters. The molecule has 4 aromatic rings. The Bertz CT molecular complexity index is 1610. The van der Waals surface area contributed by atoms with E-state index in [1.54, 1.807) is 0 Å². The second-order valence-corrected chi connectivity index (χ2v) is 18.0. The van der Waals surface area contributed by atoms with Crippen LogP contribution in [0.2, 0.25) is 0 Å². The van der Waals surface area contributed by atoms with Crippen molar-refractivity contribution < 1.29 is 5.11 Å². The number of phenolic OH excluding ortho intramolecular Hbond substituents is 1. The van der Waals surface area contributed by atoms with Crippen LogP contribution in [0.25, 0.3) is 0 Å². The lowest BCUT2D eigenvalue weighted by atomic mass is 9.80. The van der Waals surface area contributed by atoms with Gasteiger partial charge in [-0.05, 0) is 101 Å². The molecule has 0 aromatic heterocycles. The molecule has 1 N–H and O–H groups in total. The van der Waals surface area contributed by atoms with E-state index in [1.807, 2.05) is 0 Å². The molecule has 45 heavy (non-hydrogen) atoms. The first kappa shape index (κ1) is 33.1. The third kappa shape index (κ3) is 7.74. The number of hydrogen-bond donors (Lipinski definition) is 1. The number of hydrogen-bond acceptors (Lipinski definition) is 1. The average Bonchev–Trinajstić information content (AvgIpc) is 2.88. The summed E-state index contributed by atoms with van der Waals surface area (Å²) in [6.07, 6.45) is 3.20. The summed E-state index contributed by atoms with van der Waals surface area (Å²) in [6.45, 7) is 27.6. The third-order valence-corrected chi connectivity index (χ3v) is 9.50. The second-order valence-electron chi connectivity index (χ2n) is 18.0. The molecule has 5 rings (SSSR count). The van der Waals surface area contributed by atoms with Crippen molar-refractivity contribution >= 4 is 0 Å². The van der Waals surface area contributed by atoms with Crippen molar-refractivity contribution in [2.45, 2.75) is 130 Å². The molecule has 0 saturated carbocycles. The van der Waals surface area contributed by atoms with Gasteiger partial charge >= 0.3 is 0 Å². The summed E-state index contributed by atoms with van der Waals surface area (Å²) in [4.78, 5) is 0. The molecule has 0 saturated heterocycles. The average molecular weight is 601 g/mol. The Kier molecular flexibility index (Phi) is 8.44. The highest BCUT2D eigenvalue weighted by atomic mass is 16.3. The van der Waals surface area contributed by atoms with E-state index in [4.69, 9.17) is 0 Å². The van der Waals surface area contributed by atoms with Gasteiger partial charge in [-0.3, -0.25) is 0 Å². The molecule has 0 spiro atoms. The normalized spacial score (nSPS) is 14.4. The van der Waals surface area contributed by atoms with Crippen molar-refractivity contribution in [1.29, 1.82) is 0 Å². The fourth-order valence-electron chi connectivity index (χ4n) is 6.57. The minimum absolute atomic E-state index is 0.0254. The van der Waals surface area contributed by atoms with Crippen LogP contribution in [-0.4, -0.2) is 5.11 Å². The van der Waals surface area contributed by atoms with Crippen LogP contribution in [0.4, 0.5) is 0 Å². The molecule has 0 radical (unpaired) electrons. The molecule has 1 aliphatic rings. The molecule has 0 unspecified atom stereocenters. The fraction of sp³-hybridized carbons (Fsp3) is 0.455. The molecular weight excluding hydrogens is 544 g/mol. The van der Waals surface area contributed by atoms with Crippen molar-refractivity contribution in [2.24, 2.45) is 0 Å². The third-order valence-electron chi connectivity index (χ3n) is 9.50. The lowest BCUT2D eigenvalue weighted by molar-refractivity contribution is 0.461. The first-order valence-electron chi connectivity index (χ1n) is 16.9. The highest BCUT2D eigenvalue weighted by molar-refractivity contribution is 5.52. The fourth-order valence-corrected chi connectivity index (χ4v) is 6.57. The SMILES string of the molecule is CC(C)(C)c1cc2cc(c1)Cc1cc(cc(C(C)(C)C)c1)Cc1cc(C(C)(C)C)cc(c1O)Cc1cc(cc(C(C)(C)C)c1)C2. The maximum absolute atomic E-state index is 11.9. The van der Waals surface area contributed by atoms with Gasteiger partial charge in [-0.15, -0.1) is 0 Å². The number of phenols is 1. The van der Waals surface area contributed by atoms with Crippen molar-refractivity contribution in [1.82, 2.24) is 0 Å². The molecule has 8 bridgehead atoms. The zero-order valence-electron chi connectivity index (χ0n) is 30.1. The summed E-state index contributed by atoms with van der Waals surface area (Å²) < 4.78 is 0. The lowest BCUT2D eigenvalue weighted by Gasteiger charge is -2.25. The van der Waals surface area contributed by atoms with Crippen molar-refractivity contribution in [3.63, 3.8) is 0 Å². The van der Waals surface area contributed by atoms with E-state index in [-0.39, 0.29) is 21.7 Å². The van der Waals surface area contributed by atoms with Gasteiger partial charge < -0.3 is 5.11 Å². The molecule has 1 nitrogen and oxygen atoms in total. The van der Waals surface area contributed by atoms with Crippen LogP contribution in [0, 0.1) is 0 Å². The zero-order chi connectivity index (χ0) is 33.1. The van der Waals surface area contributed by atoms with Gasteiger partial charge in [0.05, 0.1) is 0 Å². The zero-order valence-corrected chi connectivity index (χ0v) is 30.1. The Morgan fingerprint density at radius 1 is 0.333 bits per heavy atom. The van der Waals surface area contributed by atoms with E-state index >= 15 is 0 Å². The number of rotatable bonds is 0. The number of aromatic hydroxyl groups is 1. The van der Waals surface area contributed by atoms with Crippen LogP contribution < -0.4 is 0 Å².